The van der Waals surface area contributed by atoms with E-state index in [-0.39, 0.29) is 11.9 Å². The summed E-state index contributed by atoms with van der Waals surface area (Å²) in [4.78, 5) is 26.5. The number of benzene rings is 2. The lowest BCUT2D eigenvalue weighted by Crippen LogP contribution is -2.36. The minimum absolute atomic E-state index is 0.140. The zero-order valence-electron chi connectivity index (χ0n) is 15.6. The van der Waals surface area contributed by atoms with Crippen LogP contribution in [0.5, 0.6) is 0 Å². The fraction of sp³-hybridized carbons (Fsp3) is 0.333. The predicted molar refractivity (Wildman–Crippen MR) is 108 cm³/mol. The van der Waals surface area contributed by atoms with Gasteiger partial charge in [0.2, 0.25) is 5.91 Å². The number of urea groups is 1. The van der Waals surface area contributed by atoms with E-state index in [9.17, 15) is 9.59 Å². The molecule has 142 valence electrons. The minimum Gasteiger partial charge on any atom is -0.338 e. The third-order valence-corrected chi connectivity index (χ3v) is 4.77. The third-order valence-electron chi connectivity index (χ3n) is 4.77. The Kier molecular flexibility index (Phi) is 6.08. The summed E-state index contributed by atoms with van der Waals surface area (Å²) >= 11 is 0. The maximum Gasteiger partial charge on any atom is 0.323 e. The highest BCUT2D eigenvalue weighted by Crippen LogP contribution is 2.27. The van der Waals surface area contributed by atoms with Crippen LogP contribution in [0.4, 0.5) is 16.2 Å². The van der Waals surface area contributed by atoms with E-state index in [1.165, 1.54) is 0 Å². The van der Waals surface area contributed by atoms with Crippen LogP contribution in [0.3, 0.4) is 0 Å². The van der Waals surface area contributed by atoms with Crippen molar-refractivity contribution in [3.8, 4) is 0 Å². The van der Waals surface area contributed by atoms with Crippen LogP contribution in [0.25, 0.3) is 0 Å². The maximum absolute atomic E-state index is 12.3. The van der Waals surface area contributed by atoms with Gasteiger partial charge in [-0.15, -0.1) is 0 Å². The SMILES string of the molecule is Cc1ccc(NC(=O)Nc2cccc3c2CCN(C(=O)CCCN)C3)cc1. The van der Waals surface area contributed by atoms with E-state index in [0.717, 1.165) is 34.5 Å². The van der Waals surface area contributed by atoms with Gasteiger partial charge in [-0.1, -0.05) is 29.8 Å². The van der Waals surface area contributed by atoms with Gasteiger partial charge in [0, 0.05) is 30.9 Å². The first-order chi connectivity index (χ1) is 13.1. The molecule has 2 aromatic rings. The summed E-state index contributed by atoms with van der Waals surface area (Å²) in [5, 5.41) is 5.79. The number of aryl methyl sites for hydroxylation is 1. The summed E-state index contributed by atoms with van der Waals surface area (Å²) < 4.78 is 0. The van der Waals surface area contributed by atoms with E-state index in [1.807, 2.05) is 54.3 Å². The van der Waals surface area contributed by atoms with Crippen molar-refractivity contribution in [3.05, 3.63) is 59.2 Å². The lowest BCUT2D eigenvalue weighted by molar-refractivity contribution is -0.132. The van der Waals surface area contributed by atoms with E-state index < -0.39 is 0 Å². The monoisotopic (exact) mass is 366 g/mol. The highest BCUT2D eigenvalue weighted by molar-refractivity contribution is 6.00. The van der Waals surface area contributed by atoms with Crippen molar-refractivity contribution >= 4 is 23.3 Å². The summed E-state index contributed by atoms with van der Waals surface area (Å²) in [6, 6.07) is 13.2. The molecule has 0 atom stereocenters. The number of carbonyl (C=O) groups excluding carboxylic acids is 2. The minimum atomic E-state index is -0.270. The second-order valence-corrected chi connectivity index (χ2v) is 6.85. The molecule has 0 fully saturated rings. The van der Waals surface area contributed by atoms with Crippen LogP contribution < -0.4 is 16.4 Å². The zero-order chi connectivity index (χ0) is 19.2. The average molecular weight is 366 g/mol. The van der Waals surface area contributed by atoms with Gasteiger partial charge >= 0.3 is 6.03 Å². The largest absolute Gasteiger partial charge is 0.338 e. The maximum atomic E-state index is 12.3. The number of fused-ring (bicyclic) bond motifs is 1. The van der Waals surface area contributed by atoms with Crippen LogP contribution in [0.1, 0.15) is 29.5 Å². The number of anilines is 2. The molecular weight excluding hydrogens is 340 g/mol. The molecule has 0 unspecified atom stereocenters. The predicted octanol–water partition coefficient (Wildman–Crippen LogP) is 3.26. The Bertz CT molecular complexity index is 817. The number of amides is 3. The van der Waals surface area contributed by atoms with E-state index >= 15 is 0 Å². The molecule has 1 aliphatic heterocycles. The van der Waals surface area contributed by atoms with Crippen molar-refractivity contribution < 1.29 is 9.59 Å². The number of hydrogen-bond acceptors (Lipinski definition) is 3. The summed E-state index contributed by atoms with van der Waals surface area (Å²) in [6.45, 7) is 3.77. The molecule has 6 heteroatoms. The Morgan fingerprint density at radius 2 is 1.89 bits per heavy atom. The Hall–Kier alpha value is -2.86. The number of hydrogen-bond donors (Lipinski definition) is 3. The molecule has 0 saturated heterocycles. The van der Waals surface area contributed by atoms with Crippen molar-refractivity contribution in [2.75, 3.05) is 23.7 Å². The van der Waals surface area contributed by atoms with E-state index in [4.69, 9.17) is 5.73 Å². The molecule has 27 heavy (non-hydrogen) atoms. The molecule has 0 radical (unpaired) electrons. The zero-order valence-corrected chi connectivity index (χ0v) is 15.6. The van der Waals surface area contributed by atoms with Crippen molar-refractivity contribution in [3.63, 3.8) is 0 Å². The first-order valence-electron chi connectivity index (χ1n) is 9.30. The molecule has 0 aliphatic carbocycles. The Morgan fingerprint density at radius 1 is 1.11 bits per heavy atom. The lowest BCUT2D eigenvalue weighted by Gasteiger charge is -2.30. The second kappa shape index (κ2) is 8.68. The van der Waals surface area contributed by atoms with Crippen LogP contribution in [0, 0.1) is 6.92 Å². The molecule has 6 nitrogen and oxygen atoms in total. The van der Waals surface area contributed by atoms with Crippen molar-refractivity contribution in [1.82, 2.24) is 4.90 Å². The Morgan fingerprint density at radius 3 is 2.63 bits per heavy atom. The highest BCUT2D eigenvalue weighted by atomic mass is 16.2. The number of rotatable bonds is 5. The lowest BCUT2D eigenvalue weighted by atomic mass is 9.97. The van der Waals surface area contributed by atoms with Gasteiger partial charge in [0.05, 0.1) is 0 Å². The highest BCUT2D eigenvalue weighted by Gasteiger charge is 2.22. The molecule has 1 heterocycles. The van der Waals surface area contributed by atoms with Gasteiger partial charge in [-0.2, -0.15) is 0 Å². The average Bonchev–Trinajstić information content (AvgIpc) is 2.67. The van der Waals surface area contributed by atoms with Crippen molar-refractivity contribution in [2.45, 2.75) is 32.7 Å². The standard InChI is InChI=1S/C21H26N4O2/c1-15-7-9-17(10-8-15)23-21(27)24-19-5-2-4-16-14-25(13-11-18(16)19)20(26)6-3-12-22/h2,4-5,7-10H,3,6,11-14,22H2,1H3,(H2,23,24,27). The summed E-state index contributed by atoms with van der Waals surface area (Å²) in [5.41, 5.74) is 10.4. The number of nitrogens with one attached hydrogen (secondary N) is 2. The fourth-order valence-corrected chi connectivity index (χ4v) is 3.27. The van der Waals surface area contributed by atoms with Gasteiger partial charge in [-0.05, 0) is 55.6 Å². The van der Waals surface area contributed by atoms with E-state index in [1.54, 1.807) is 0 Å². The quantitative estimate of drug-likeness (QED) is 0.759. The molecule has 4 N–H and O–H groups in total. The number of carbonyl (C=O) groups is 2. The van der Waals surface area contributed by atoms with Gasteiger partial charge in [0.1, 0.15) is 0 Å². The summed E-state index contributed by atoms with van der Waals surface area (Å²) in [7, 11) is 0. The smallest absolute Gasteiger partial charge is 0.323 e. The molecule has 3 rings (SSSR count). The summed E-state index contributed by atoms with van der Waals surface area (Å²) in [6.07, 6.45) is 1.93. The van der Waals surface area contributed by atoms with Crippen LogP contribution in [0.2, 0.25) is 0 Å². The van der Waals surface area contributed by atoms with Crippen LogP contribution in [-0.4, -0.2) is 29.9 Å². The van der Waals surface area contributed by atoms with Gasteiger partial charge in [-0.3, -0.25) is 4.79 Å². The Labute approximate surface area is 159 Å². The summed E-state index contributed by atoms with van der Waals surface area (Å²) in [5.74, 6) is 0.140. The molecule has 0 bridgehead atoms. The fourth-order valence-electron chi connectivity index (χ4n) is 3.27. The van der Waals surface area contributed by atoms with Crippen molar-refractivity contribution in [2.24, 2.45) is 5.73 Å². The van der Waals surface area contributed by atoms with Gasteiger partial charge in [0.25, 0.3) is 0 Å². The number of nitrogens with two attached hydrogens (primary N) is 1. The first kappa shape index (κ1) is 18.9. The van der Waals surface area contributed by atoms with Crippen LogP contribution in [-0.2, 0) is 17.8 Å². The molecular formula is C21H26N4O2. The topological polar surface area (TPSA) is 87.5 Å². The van der Waals surface area contributed by atoms with Gasteiger partial charge in [-0.25, -0.2) is 4.79 Å². The Balaban J connectivity index is 1.65. The molecule has 1 aliphatic rings. The van der Waals surface area contributed by atoms with Crippen LogP contribution >= 0.6 is 0 Å². The van der Waals surface area contributed by atoms with E-state index in [2.05, 4.69) is 10.6 Å². The molecule has 2 aromatic carbocycles. The molecule has 0 spiro atoms. The van der Waals surface area contributed by atoms with E-state index in [0.29, 0.717) is 32.5 Å². The normalized spacial score (nSPS) is 13.0. The first-order valence-corrected chi connectivity index (χ1v) is 9.30. The van der Waals surface area contributed by atoms with Gasteiger partial charge < -0.3 is 21.3 Å². The molecule has 0 aromatic heterocycles. The number of nitrogens with zero attached hydrogens (tertiary/aromatic N) is 1. The second-order valence-electron chi connectivity index (χ2n) is 6.85. The molecule has 0 saturated carbocycles. The van der Waals surface area contributed by atoms with Crippen LogP contribution in [0.15, 0.2) is 42.5 Å². The third kappa shape index (κ3) is 4.86. The molecule has 3 amide bonds. The van der Waals surface area contributed by atoms with Gasteiger partial charge in [0.15, 0.2) is 0 Å². The van der Waals surface area contributed by atoms with Crippen molar-refractivity contribution in [1.29, 1.82) is 0 Å².